The fraction of sp³-hybridized carbons (Fsp3) is 0.625. The van der Waals surface area contributed by atoms with E-state index in [1.165, 1.54) is 17.8 Å². The smallest absolute Gasteiger partial charge is 0.388 e. The maximum atomic E-state index is 12.0. The first kappa shape index (κ1) is 10.9. The zero-order chi connectivity index (χ0) is 10.8. The Bertz CT molecular complexity index is 306. The van der Waals surface area contributed by atoms with Crippen molar-refractivity contribution in [2.24, 2.45) is 0 Å². The number of nitrogens with zero attached hydrogens (tertiary/aromatic N) is 2. The number of aromatic nitrogens is 2. The molecule has 0 saturated carbocycles. The summed E-state index contributed by atoms with van der Waals surface area (Å²) in [5, 5.41) is 3.78. The lowest BCUT2D eigenvalue weighted by Crippen LogP contribution is -2.20. The zero-order valence-electron chi connectivity index (χ0n) is 7.93. The average Bonchev–Trinajstić information content (AvgIpc) is 2.34. The molecule has 1 aromatic rings. The van der Waals surface area contributed by atoms with Crippen LogP contribution >= 0.6 is 0 Å². The summed E-state index contributed by atoms with van der Waals surface area (Å²) in [5.74, 6) is -0.223. The van der Waals surface area contributed by atoms with E-state index in [0.717, 1.165) is 0 Å². The predicted molar refractivity (Wildman–Crippen MR) is 43.9 cm³/mol. The highest BCUT2D eigenvalue weighted by Crippen LogP contribution is 2.25. The Morgan fingerprint density at radius 2 is 2.14 bits per heavy atom. The van der Waals surface area contributed by atoms with Gasteiger partial charge < -0.3 is 4.74 Å². The normalized spacial score (nSPS) is 11.8. The average molecular weight is 208 g/mol. The zero-order valence-corrected chi connectivity index (χ0v) is 7.93. The second-order valence-corrected chi connectivity index (χ2v) is 2.90. The van der Waals surface area contributed by atoms with Gasteiger partial charge in [0.15, 0.2) is 0 Å². The molecule has 0 aliphatic carbocycles. The second kappa shape index (κ2) is 3.89. The van der Waals surface area contributed by atoms with Gasteiger partial charge in [0.2, 0.25) is 5.88 Å². The molecule has 1 aromatic heterocycles. The molecule has 0 amide bonds. The Balaban J connectivity index is 2.88. The largest absolute Gasteiger partial charge is 0.574 e. The van der Waals surface area contributed by atoms with Gasteiger partial charge in [0, 0.05) is 12.1 Å². The van der Waals surface area contributed by atoms with E-state index < -0.39 is 6.36 Å². The molecule has 6 heteroatoms. The van der Waals surface area contributed by atoms with Crippen LogP contribution in [0.15, 0.2) is 6.20 Å². The Morgan fingerprint density at radius 3 is 2.64 bits per heavy atom. The predicted octanol–water partition coefficient (Wildman–Crippen LogP) is 2.50. The molecule has 3 nitrogen and oxygen atoms in total. The van der Waals surface area contributed by atoms with Gasteiger partial charge in [0.05, 0.1) is 6.20 Å². The van der Waals surface area contributed by atoms with Gasteiger partial charge in [0.1, 0.15) is 0 Å². The van der Waals surface area contributed by atoms with Crippen molar-refractivity contribution in [3.8, 4) is 5.88 Å². The van der Waals surface area contributed by atoms with Crippen molar-refractivity contribution in [2.45, 2.75) is 33.2 Å². The molecular formula is C8H11F3N2O. The Labute approximate surface area is 79.5 Å². The minimum Gasteiger partial charge on any atom is -0.388 e. The lowest BCUT2D eigenvalue weighted by molar-refractivity contribution is -0.277. The van der Waals surface area contributed by atoms with Crippen LogP contribution in [0.2, 0.25) is 0 Å². The number of halogens is 3. The number of ether oxygens (including phenoxy) is 1. The van der Waals surface area contributed by atoms with E-state index in [2.05, 4.69) is 9.84 Å². The third-order valence-electron chi connectivity index (χ3n) is 1.61. The number of rotatable bonds is 3. The molecule has 80 valence electrons. The van der Waals surface area contributed by atoms with Crippen molar-refractivity contribution in [3.05, 3.63) is 11.8 Å². The third-order valence-corrected chi connectivity index (χ3v) is 1.61. The molecule has 1 rings (SSSR count). The van der Waals surface area contributed by atoms with Gasteiger partial charge in [-0.05, 0) is 13.3 Å². The van der Waals surface area contributed by atoms with Gasteiger partial charge in [0.25, 0.3) is 0 Å². The van der Waals surface area contributed by atoms with E-state index in [4.69, 9.17) is 0 Å². The van der Waals surface area contributed by atoms with Crippen LogP contribution in [0.3, 0.4) is 0 Å². The molecule has 0 aliphatic heterocycles. The molecule has 0 saturated heterocycles. The first-order valence-electron chi connectivity index (χ1n) is 4.22. The molecule has 0 aliphatic rings. The Hall–Kier alpha value is -1.20. The van der Waals surface area contributed by atoms with Crippen molar-refractivity contribution in [3.63, 3.8) is 0 Å². The van der Waals surface area contributed by atoms with Gasteiger partial charge in [-0.1, -0.05) is 6.92 Å². The molecular weight excluding hydrogens is 197 g/mol. The van der Waals surface area contributed by atoms with E-state index in [9.17, 15) is 13.2 Å². The highest BCUT2D eigenvalue weighted by Gasteiger charge is 2.33. The number of hydrogen-bond donors (Lipinski definition) is 0. The maximum absolute atomic E-state index is 12.0. The SMILES string of the molecule is CCCn1ncc(C)c1OC(F)(F)F. The van der Waals surface area contributed by atoms with Gasteiger partial charge in [-0.3, -0.25) is 0 Å². The molecule has 14 heavy (non-hydrogen) atoms. The van der Waals surface area contributed by atoms with Crippen molar-refractivity contribution < 1.29 is 17.9 Å². The van der Waals surface area contributed by atoms with E-state index in [1.807, 2.05) is 6.92 Å². The van der Waals surface area contributed by atoms with Crippen LogP contribution in [0.5, 0.6) is 5.88 Å². The first-order chi connectivity index (χ1) is 6.44. The summed E-state index contributed by atoms with van der Waals surface area (Å²) in [7, 11) is 0. The highest BCUT2D eigenvalue weighted by molar-refractivity contribution is 5.22. The van der Waals surface area contributed by atoms with E-state index >= 15 is 0 Å². The first-order valence-corrected chi connectivity index (χ1v) is 4.22. The second-order valence-electron chi connectivity index (χ2n) is 2.90. The molecule has 0 fully saturated rings. The van der Waals surface area contributed by atoms with Crippen molar-refractivity contribution >= 4 is 0 Å². The van der Waals surface area contributed by atoms with Crippen molar-refractivity contribution in [1.29, 1.82) is 0 Å². The summed E-state index contributed by atoms with van der Waals surface area (Å²) in [6, 6.07) is 0. The van der Waals surface area contributed by atoms with Crippen LogP contribution in [0, 0.1) is 6.92 Å². The van der Waals surface area contributed by atoms with E-state index in [1.54, 1.807) is 0 Å². The molecule has 0 aromatic carbocycles. The minimum absolute atomic E-state index is 0.223. The summed E-state index contributed by atoms with van der Waals surface area (Å²) in [5.41, 5.74) is 0.385. The monoisotopic (exact) mass is 208 g/mol. The summed E-state index contributed by atoms with van der Waals surface area (Å²) < 4.78 is 40.9. The fourth-order valence-electron chi connectivity index (χ4n) is 1.08. The van der Waals surface area contributed by atoms with Crippen LogP contribution in [-0.4, -0.2) is 16.1 Å². The third kappa shape index (κ3) is 2.65. The summed E-state index contributed by atoms with van der Waals surface area (Å²) in [4.78, 5) is 0. The molecule has 0 N–H and O–H groups in total. The van der Waals surface area contributed by atoms with Gasteiger partial charge >= 0.3 is 6.36 Å². The Kier molecular flexibility index (Phi) is 3.03. The molecule has 0 atom stereocenters. The lowest BCUT2D eigenvalue weighted by Gasteiger charge is -2.11. The molecule has 1 heterocycles. The van der Waals surface area contributed by atoms with Crippen LogP contribution in [0.4, 0.5) is 13.2 Å². The lowest BCUT2D eigenvalue weighted by atomic mass is 10.4. The summed E-state index contributed by atoms with van der Waals surface area (Å²) >= 11 is 0. The number of alkyl halides is 3. The topological polar surface area (TPSA) is 27.1 Å². The highest BCUT2D eigenvalue weighted by atomic mass is 19.4. The van der Waals surface area contributed by atoms with Crippen molar-refractivity contribution in [2.75, 3.05) is 0 Å². The molecule has 0 radical (unpaired) electrons. The van der Waals surface area contributed by atoms with Crippen LogP contribution in [-0.2, 0) is 6.54 Å². The van der Waals surface area contributed by atoms with E-state index in [0.29, 0.717) is 18.5 Å². The van der Waals surface area contributed by atoms with E-state index in [-0.39, 0.29) is 5.88 Å². The summed E-state index contributed by atoms with van der Waals surface area (Å²) in [6.07, 6.45) is -2.59. The molecule has 0 bridgehead atoms. The van der Waals surface area contributed by atoms with Gasteiger partial charge in [-0.25, -0.2) is 4.68 Å². The number of hydrogen-bond acceptors (Lipinski definition) is 2. The fourth-order valence-corrected chi connectivity index (χ4v) is 1.08. The minimum atomic E-state index is -4.66. The quantitative estimate of drug-likeness (QED) is 0.763. The molecule has 0 spiro atoms. The molecule has 0 unspecified atom stereocenters. The van der Waals surface area contributed by atoms with Gasteiger partial charge in [-0.2, -0.15) is 5.10 Å². The standard InChI is InChI=1S/C8H11F3N2O/c1-3-4-13-7(6(2)5-12-13)14-8(9,10)11/h5H,3-4H2,1-2H3. The van der Waals surface area contributed by atoms with Crippen LogP contribution < -0.4 is 4.74 Å². The van der Waals surface area contributed by atoms with Crippen molar-refractivity contribution in [1.82, 2.24) is 9.78 Å². The number of aryl methyl sites for hydroxylation is 2. The van der Waals surface area contributed by atoms with Crippen LogP contribution in [0.1, 0.15) is 18.9 Å². The van der Waals surface area contributed by atoms with Gasteiger partial charge in [-0.15, -0.1) is 13.2 Å². The van der Waals surface area contributed by atoms with Crippen LogP contribution in [0.25, 0.3) is 0 Å². The maximum Gasteiger partial charge on any atom is 0.574 e. The summed E-state index contributed by atoms with van der Waals surface area (Å²) in [6.45, 7) is 3.80. The Morgan fingerprint density at radius 1 is 1.50 bits per heavy atom.